The molecule has 0 spiro atoms. The second-order valence-corrected chi connectivity index (χ2v) is 8.87. The molecule has 0 aromatic heterocycles. The minimum absolute atomic E-state index is 0.185. The summed E-state index contributed by atoms with van der Waals surface area (Å²) in [5.41, 5.74) is 5.62. The number of nitrogens with one attached hydrogen (secondary N) is 1. The number of benzene rings is 2. The van der Waals surface area contributed by atoms with Crippen molar-refractivity contribution >= 4 is 31.0 Å². The highest BCUT2D eigenvalue weighted by molar-refractivity contribution is 6.47. The lowest BCUT2D eigenvalue weighted by Gasteiger charge is -2.39. The van der Waals surface area contributed by atoms with Crippen LogP contribution in [0.15, 0.2) is 36.4 Å². The SMILES string of the molecule is CC[C@@H](N(NC(=O)c1ccc([B]O)c(C=O)c1)C(=O)c1cc(C)cc(C)c1)C(C)(C)C. The summed E-state index contributed by atoms with van der Waals surface area (Å²) in [6.45, 7) is 11.9. The molecule has 163 valence electrons. The van der Waals surface area contributed by atoms with Gasteiger partial charge in [-0.15, -0.1) is 0 Å². The summed E-state index contributed by atoms with van der Waals surface area (Å²) in [7, 11) is 0.814. The van der Waals surface area contributed by atoms with Gasteiger partial charge in [0, 0.05) is 16.7 Å². The predicted molar refractivity (Wildman–Crippen MR) is 123 cm³/mol. The summed E-state index contributed by atoms with van der Waals surface area (Å²) in [4.78, 5) is 37.8. The number of carbonyl (C=O) groups is 3. The molecule has 31 heavy (non-hydrogen) atoms. The minimum Gasteiger partial charge on any atom is -0.450 e. The molecule has 0 saturated heterocycles. The number of hydrogen-bond donors (Lipinski definition) is 2. The lowest BCUT2D eigenvalue weighted by molar-refractivity contribution is 0.0285. The molecule has 2 aromatic rings. The van der Waals surface area contributed by atoms with Crippen molar-refractivity contribution in [3.8, 4) is 0 Å². The summed E-state index contributed by atoms with van der Waals surface area (Å²) >= 11 is 0. The number of rotatable bonds is 6. The molecule has 0 bridgehead atoms. The fourth-order valence-corrected chi connectivity index (χ4v) is 3.80. The normalized spacial score (nSPS) is 12.1. The Labute approximate surface area is 184 Å². The molecule has 2 N–H and O–H groups in total. The summed E-state index contributed by atoms with van der Waals surface area (Å²) in [6.07, 6.45) is 1.21. The Morgan fingerprint density at radius 1 is 1.10 bits per heavy atom. The average Bonchev–Trinajstić information content (AvgIpc) is 2.70. The minimum atomic E-state index is -0.506. The van der Waals surface area contributed by atoms with Gasteiger partial charge in [0.15, 0.2) is 0 Å². The maximum atomic E-state index is 13.5. The third-order valence-corrected chi connectivity index (χ3v) is 5.22. The fraction of sp³-hybridized carbons (Fsp3) is 0.375. The maximum Gasteiger partial charge on any atom is 0.327 e. The first-order valence-electron chi connectivity index (χ1n) is 10.3. The van der Waals surface area contributed by atoms with E-state index in [0.717, 1.165) is 18.6 Å². The molecule has 0 aliphatic carbocycles. The van der Waals surface area contributed by atoms with Crippen LogP contribution in [0.1, 0.15) is 76.3 Å². The van der Waals surface area contributed by atoms with E-state index in [-0.39, 0.29) is 28.5 Å². The van der Waals surface area contributed by atoms with Gasteiger partial charge >= 0.3 is 7.48 Å². The number of nitrogens with zero attached hydrogens (tertiary/aromatic N) is 1. The van der Waals surface area contributed by atoms with Crippen LogP contribution in [0.2, 0.25) is 0 Å². The van der Waals surface area contributed by atoms with Crippen LogP contribution < -0.4 is 10.9 Å². The first-order valence-corrected chi connectivity index (χ1v) is 10.3. The summed E-state index contributed by atoms with van der Waals surface area (Å²) < 4.78 is 0. The number of hydrogen-bond acceptors (Lipinski definition) is 4. The standard InChI is InChI=1S/C24H30BN2O4/c1-7-21(24(4,5)6)27(23(30)18-11-15(2)10-16(3)12-18)26-22(29)17-8-9-20(25-31)19(13-17)14-28/h8-14,21,31H,7H2,1-6H3,(H,26,29)/t21-/m1/s1. The third kappa shape index (κ3) is 5.82. The number of aryl methyl sites for hydroxylation is 2. The Morgan fingerprint density at radius 2 is 1.71 bits per heavy atom. The van der Waals surface area contributed by atoms with E-state index in [4.69, 9.17) is 0 Å². The zero-order valence-electron chi connectivity index (χ0n) is 19.0. The maximum absolute atomic E-state index is 13.5. The Kier molecular flexibility index (Phi) is 7.79. The van der Waals surface area contributed by atoms with Crippen LogP contribution in [-0.2, 0) is 0 Å². The fourth-order valence-electron chi connectivity index (χ4n) is 3.80. The van der Waals surface area contributed by atoms with Crippen LogP contribution in [0.3, 0.4) is 0 Å². The van der Waals surface area contributed by atoms with E-state index < -0.39 is 5.91 Å². The molecule has 6 nitrogen and oxygen atoms in total. The van der Waals surface area contributed by atoms with Gasteiger partial charge in [0.1, 0.15) is 6.29 Å². The number of carbonyl (C=O) groups excluding carboxylic acids is 3. The van der Waals surface area contributed by atoms with Gasteiger partial charge in [-0.25, -0.2) is 5.01 Å². The summed E-state index contributed by atoms with van der Waals surface area (Å²) in [6, 6.07) is 9.71. The van der Waals surface area contributed by atoms with Gasteiger partial charge in [-0.2, -0.15) is 0 Å². The molecule has 1 radical (unpaired) electrons. The molecule has 0 heterocycles. The summed E-state index contributed by atoms with van der Waals surface area (Å²) in [5.74, 6) is -0.800. The van der Waals surface area contributed by atoms with Crippen LogP contribution in [0.25, 0.3) is 0 Å². The lowest BCUT2D eigenvalue weighted by atomic mass is 9.84. The molecule has 2 aromatic carbocycles. The molecular weight excluding hydrogens is 391 g/mol. The Hall–Kier alpha value is -2.93. The van der Waals surface area contributed by atoms with E-state index in [0.29, 0.717) is 23.7 Å². The van der Waals surface area contributed by atoms with Crippen molar-refractivity contribution in [2.75, 3.05) is 0 Å². The third-order valence-electron chi connectivity index (χ3n) is 5.22. The predicted octanol–water partition coefficient (Wildman–Crippen LogP) is 2.96. The van der Waals surface area contributed by atoms with E-state index in [9.17, 15) is 19.4 Å². The van der Waals surface area contributed by atoms with Crippen LogP contribution in [-0.4, -0.2) is 41.7 Å². The Balaban J connectivity index is 2.47. The van der Waals surface area contributed by atoms with Gasteiger partial charge < -0.3 is 5.02 Å². The van der Waals surface area contributed by atoms with Crippen molar-refractivity contribution in [2.45, 2.75) is 54.0 Å². The number of hydrazine groups is 1. The topological polar surface area (TPSA) is 86.7 Å². The van der Waals surface area contributed by atoms with E-state index >= 15 is 0 Å². The highest BCUT2D eigenvalue weighted by Gasteiger charge is 2.34. The molecule has 7 heteroatoms. The molecule has 0 unspecified atom stereocenters. The highest BCUT2D eigenvalue weighted by Crippen LogP contribution is 2.27. The molecule has 0 aliphatic rings. The second kappa shape index (κ2) is 9.92. The molecule has 0 saturated carbocycles. The van der Waals surface area contributed by atoms with Crippen LogP contribution >= 0.6 is 0 Å². The van der Waals surface area contributed by atoms with Crippen molar-refractivity contribution in [2.24, 2.45) is 5.41 Å². The van der Waals surface area contributed by atoms with E-state index in [1.54, 1.807) is 12.1 Å². The molecule has 2 amide bonds. The van der Waals surface area contributed by atoms with Crippen LogP contribution in [0.5, 0.6) is 0 Å². The van der Waals surface area contributed by atoms with Crippen LogP contribution in [0.4, 0.5) is 0 Å². The van der Waals surface area contributed by atoms with Crippen molar-refractivity contribution in [1.82, 2.24) is 10.4 Å². The zero-order chi connectivity index (χ0) is 23.3. The zero-order valence-corrected chi connectivity index (χ0v) is 19.0. The highest BCUT2D eigenvalue weighted by atomic mass is 16.2. The molecular formula is C24H30BN2O4. The van der Waals surface area contributed by atoms with Crippen molar-refractivity contribution in [1.29, 1.82) is 0 Å². The van der Waals surface area contributed by atoms with E-state index in [1.165, 1.54) is 23.2 Å². The Bertz CT molecular complexity index is 962. The van der Waals surface area contributed by atoms with Gasteiger partial charge in [0.25, 0.3) is 11.8 Å². The Morgan fingerprint density at radius 3 is 2.19 bits per heavy atom. The second-order valence-electron chi connectivity index (χ2n) is 8.87. The smallest absolute Gasteiger partial charge is 0.327 e. The van der Waals surface area contributed by atoms with Gasteiger partial charge in [0.05, 0.1) is 6.04 Å². The van der Waals surface area contributed by atoms with Crippen molar-refractivity contribution in [3.05, 3.63) is 64.2 Å². The summed E-state index contributed by atoms with van der Waals surface area (Å²) in [5, 5.41) is 10.6. The monoisotopic (exact) mass is 421 g/mol. The van der Waals surface area contributed by atoms with Crippen molar-refractivity contribution < 1.29 is 19.4 Å². The molecule has 2 rings (SSSR count). The lowest BCUT2D eigenvalue weighted by Crippen LogP contribution is -2.56. The molecule has 1 atom stereocenters. The van der Waals surface area contributed by atoms with Gasteiger partial charge in [-0.1, -0.05) is 51.0 Å². The number of amides is 2. The van der Waals surface area contributed by atoms with Crippen molar-refractivity contribution in [3.63, 3.8) is 0 Å². The largest absolute Gasteiger partial charge is 0.450 e. The number of aldehydes is 1. The molecule has 0 fully saturated rings. The van der Waals surface area contributed by atoms with E-state index in [1.807, 2.05) is 47.6 Å². The molecule has 0 aliphatic heterocycles. The first-order chi connectivity index (χ1) is 14.5. The average molecular weight is 421 g/mol. The van der Waals surface area contributed by atoms with E-state index in [2.05, 4.69) is 5.43 Å². The van der Waals surface area contributed by atoms with Gasteiger partial charge in [-0.3, -0.25) is 19.8 Å². The quantitative estimate of drug-likeness (QED) is 0.427. The van der Waals surface area contributed by atoms with Gasteiger partial charge in [0.2, 0.25) is 0 Å². The van der Waals surface area contributed by atoms with Crippen LogP contribution in [0, 0.1) is 19.3 Å². The first kappa shape index (κ1) is 24.3. The van der Waals surface area contributed by atoms with Gasteiger partial charge in [-0.05, 0) is 55.4 Å².